The van der Waals surface area contributed by atoms with Crippen molar-refractivity contribution >= 4 is 5.69 Å². The lowest BCUT2D eigenvalue weighted by molar-refractivity contribution is 0.0602. The minimum atomic E-state index is -0.409. The fourth-order valence-corrected chi connectivity index (χ4v) is 2.58. The molecule has 1 aliphatic rings. The number of nitrogens with zero attached hydrogens (tertiary/aromatic N) is 2. The Kier molecular flexibility index (Phi) is 3.89. The number of para-hydroxylation sites is 1. The van der Waals surface area contributed by atoms with E-state index in [1.165, 1.54) is 5.69 Å². The highest BCUT2D eigenvalue weighted by Gasteiger charge is 2.36. The SMILES string of the molecule is COC1(C#Cc2ccccn2)CCN(c2ccccc2)C1. The van der Waals surface area contributed by atoms with Crippen molar-refractivity contribution in [2.24, 2.45) is 0 Å². The van der Waals surface area contributed by atoms with Crippen LogP contribution in [-0.2, 0) is 4.74 Å². The van der Waals surface area contributed by atoms with E-state index in [9.17, 15) is 0 Å². The molecule has 0 amide bonds. The van der Waals surface area contributed by atoms with E-state index < -0.39 is 5.60 Å². The van der Waals surface area contributed by atoms with E-state index in [2.05, 4.69) is 46.0 Å². The first-order valence-electron chi connectivity index (χ1n) is 7.11. The lowest BCUT2D eigenvalue weighted by atomic mass is 10.0. The average molecular weight is 278 g/mol. The second kappa shape index (κ2) is 5.99. The number of hydrogen-bond donors (Lipinski definition) is 0. The number of hydrogen-bond acceptors (Lipinski definition) is 3. The molecule has 0 radical (unpaired) electrons. The molecule has 1 saturated heterocycles. The van der Waals surface area contributed by atoms with Crippen LogP contribution in [0.1, 0.15) is 12.1 Å². The van der Waals surface area contributed by atoms with Crippen molar-refractivity contribution in [2.75, 3.05) is 25.1 Å². The number of methoxy groups -OCH3 is 1. The predicted octanol–water partition coefficient (Wildman–Crippen LogP) is 2.73. The molecule has 2 aromatic rings. The Morgan fingerprint density at radius 1 is 1.14 bits per heavy atom. The number of aromatic nitrogens is 1. The molecule has 3 rings (SSSR count). The fourth-order valence-electron chi connectivity index (χ4n) is 2.58. The summed E-state index contributed by atoms with van der Waals surface area (Å²) in [6, 6.07) is 16.1. The summed E-state index contributed by atoms with van der Waals surface area (Å²) in [5, 5.41) is 0. The molecule has 0 spiro atoms. The van der Waals surface area contributed by atoms with Crippen molar-refractivity contribution in [3.8, 4) is 11.8 Å². The Morgan fingerprint density at radius 3 is 2.67 bits per heavy atom. The second-order valence-corrected chi connectivity index (χ2v) is 5.17. The number of benzene rings is 1. The first kappa shape index (κ1) is 13.7. The Hall–Kier alpha value is -2.31. The van der Waals surface area contributed by atoms with Gasteiger partial charge in [-0.15, -0.1) is 0 Å². The highest BCUT2D eigenvalue weighted by atomic mass is 16.5. The summed E-state index contributed by atoms with van der Waals surface area (Å²) in [6.45, 7) is 1.74. The van der Waals surface area contributed by atoms with Crippen LogP contribution in [0, 0.1) is 11.8 Å². The van der Waals surface area contributed by atoms with Crippen LogP contribution in [0.3, 0.4) is 0 Å². The summed E-state index contributed by atoms with van der Waals surface area (Å²) < 4.78 is 5.73. The molecule has 0 bridgehead atoms. The van der Waals surface area contributed by atoms with Crippen molar-refractivity contribution in [3.63, 3.8) is 0 Å². The van der Waals surface area contributed by atoms with Gasteiger partial charge in [0.05, 0.1) is 6.54 Å². The molecule has 0 N–H and O–H groups in total. The van der Waals surface area contributed by atoms with E-state index in [4.69, 9.17) is 4.74 Å². The van der Waals surface area contributed by atoms with Crippen LogP contribution in [0.5, 0.6) is 0 Å². The third-order valence-corrected chi connectivity index (χ3v) is 3.83. The zero-order valence-electron chi connectivity index (χ0n) is 12.1. The minimum Gasteiger partial charge on any atom is -0.367 e. The van der Waals surface area contributed by atoms with Crippen molar-refractivity contribution in [2.45, 2.75) is 12.0 Å². The molecular formula is C18H18N2O. The molecule has 1 aromatic heterocycles. The molecule has 1 aliphatic heterocycles. The normalized spacial score (nSPS) is 20.9. The largest absolute Gasteiger partial charge is 0.367 e. The fraction of sp³-hybridized carbons (Fsp3) is 0.278. The topological polar surface area (TPSA) is 25.4 Å². The quantitative estimate of drug-likeness (QED) is 0.790. The van der Waals surface area contributed by atoms with E-state index in [-0.39, 0.29) is 0 Å². The number of pyridine rings is 1. The third kappa shape index (κ3) is 3.07. The summed E-state index contributed by atoms with van der Waals surface area (Å²) in [4.78, 5) is 6.56. The van der Waals surface area contributed by atoms with Crippen molar-refractivity contribution in [3.05, 3.63) is 60.4 Å². The van der Waals surface area contributed by atoms with Gasteiger partial charge in [-0.2, -0.15) is 0 Å². The first-order chi connectivity index (χ1) is 10.3. The van der Waals surface area contributed by atoms with Gasteiger partial charge in [0.1, 0.15) is 11.3 Å². The van der Waals surface area contributed by atoms with E-state index in [0.717, 1.165) is 25.2 Å². The lowest BCUT2D eigenvalue weighted by Crippen LogP contribution is -2.34. The van der Waals surface area contributed by atoms with Gasteiger partial charge in [0.15, 0.2) is 0 Å². The summed E-state index contributed by atoms with van der Waals surface area (Å²) in [5.41, 5.74) is 1.59. The monoisotopic (exact) mass is 278 g/mol. The smallest absolute Gasteiger partial charge is 0.147 e. The molecule has 0 saturated carbocycles. The Morgan fingerprint density at radius 2 is 1.95 bits per heavy atom. The number of rotatable bonds is 2. The summed E-state index contributed by atoms with van der Waals surface area (Å²) in [6.07, 6.45) is 2.66. The molecule has 0 aliphatic carbocycles. The van der Waals surface area contributed by atoms with Crippen LogP contribution in [-0.4, -0.2) is 30.8 Å². The predicted molar refractivity (Wildman–Crippen MR) is 84.1 cm³/mol. The average Bonchev–Trinajstić information content (AvgIpc) is 3.00. The van der Waals surface area contributed by atoms with E-state index in [0.29, 0.717) is 0 Å². The van der Waals surface area contributed by atoms with Gasteiger partial charge in [0.25, 0.3) is 0 Å². The van der Waals surface area contributed by atoms with Gasteiger partial charge in [-0.25, -0.2) is 4.98 Å². The van der Waals surface area contributed by atoms with Crippen molar-refractivity contribution in [1.29, 1.82) is 0 Å². The zero-order chi connectivity index (χ0) is 14.5. The maximum atomic E-state index is 5.73. The molecule has 1 unspecified atom stereocenters. The van der Waals surface area contributed by atoms with Crippen LogP contribution >= 0.6 is 0 Å². The van der Waals surface area contributed by atoms with E-state index in [1.54, 1.807) is 13.3 Å². The standard InChI is InChI=1S/C18H18N2O/c1-21-18(11-10-16-7-5-6-13-19-16)12-14-20(15-18)17-8-3-2-4-9-17/h2-9,13H,12,14-15H2,1H3. The first-order valence-corrected chi connectivity index (χ1v) is 7.11. The van der Waals surface area contributed by atoms with Crippen LogP contribution in [0.2, 0.25) is 0 Å². The maximum Gasteiger partial charge on any atom is 0.147 e. The molecule has 3 heteroatoms. The van der Waals surface area contributed by atoms with Gasteiger partial charge in [-0.05, 0) is 30.2 Å². The Labute approximate surface area is 125 Å². The van der Waals surface area contributed by atoms with Crippen LogP contribution in [0.25, 0.3) is 0 Å². The van der Waals surface area contributed by atoms with Gasteiger partial charge in [-0.1, -0.05) is 30.2 Å². The second-order valence-electron chi connectivity index (χ2n) is 5.17. The molecule has 1 aromatic carbocycles. The summed E-state index contributed by atoms with van der Waals surface area (Å²) in [7, 11) is 1.74. The van der Waals surface area contributed by atoms with Gasteiger partial charge in [0.2, 0.25) is 0 Å². The molecule has 21 heavy (non-hydrogen) atoms. The summed E-state index contributed by atoms with van der Waals surface area (Å²) >= 11 is 0. The molecule has 106 valence electrons. The van der Waals surface area contributed by atoms with Crippen molar-refractivity contribution in [1.82, 2.24) is 4.98 Å². The third-order valence-electron chi connectivity index (χ3n) is 3.83. The lowest BCUT2D eigenvalue weighted by Gasteiger charge is -2.23. The van der Waals surface area contributed by atoms with E-state index >= 15 is 0 Å². The van der Waals surface area contributed by atoms with Crippen LogP contribution < -0.4 is 4.90 Å². The van der Waals surface area contributed by atoms with E-state index in [1.807, 2.05) is 24.3 Å². The number of anilines is 1. The van der Waals surface area contributed by atoms with Gasteiger partial charge >= 0.3 is 0 Å². The van der Waals surface area contributed by atoms with Crippen LogP contribution in [0.4, 0.5) is 5.69 Å². The highest BCUT2D eigenvalue weighted by Crippen LogP contribution is 2.28. The summed E-state index contributed by atoms with van der Waals surface area (Å²) in [5.74, 6) is 6.42. The molecule has 1 atom stereocenters. The number of ether oxygens (including phenoxy) is 1. The molecule has 3 nitrogen and oxygen atoms in total. The van der Waals surface area contributed by atoms with Crippen molar-refractivity contribution < 1.29 is 4.74 Å². The van der Waals surface area contributed by atoms with Gasteiger partial charge in [0, 0.05) is 32.0 Å². The molecule has 1 fully saturated rings. The molecule has 2 heterocycles. The Balaban J connectivity index is 1.79. The minimum absolute atomic E-state index is 0.409. The highest BCUT2D eigenvalue weighted by molar-refractivity contribution is 5.49. The maximum absolute atomic E-state index is 5.73. The van der Waals surface area contributed by atoms with Gasteiger partial charge in [-0.3, -0.25) is 0 Å². The van der Waals surface area contributed by atoms with Crippen LogP contribution in [0.15, 0.2) is 54.7 Å². The van der Waals surface area contributed by atoms with Gasteiger partial charge < -0.3 is 9.64 Å². The molecular weight excluding hydrogens is 260 g/mol. The zero-order valence-corrected chi connectivity index (χ0v) is 12.1. The Bertz CT molecular complexity index is 645.